The largest absolute Gasteiger partial charge is 0.381 e. The fraction of sp³-hybridized carbons (Fsp3) is 0.579. The van der Waals surface area contributed by atoms with Gasteiger partial charge in [0.15, 0.2) is 5.78 Å². The van der Waals surface area contributed by atoms with Crippen molar-refractivity contribution in [1.82, 2.24) is 9.55 Å². The molecule has 0 saturated carbocycles. The summed E-state index contributed by atoms with van der Waals surface area (Å²) in [4.78, 5) is 28.4. The molecule has 0 spiro atoms. The van der Waals surface area contributed by atoms with Crippen molar-refractivity contribution in [3.63, 3.8) is 0 Å². The molecule has 1 saturated heterocycles. The Balaban J connectivity index is 1.95. The predicted molar refractivity (Wildman–Crippen MR) is 113 cm³/mol. The van der Waals surface area contributed by atoms with Crippen molar-refractivity contribution >= 4 is 42.2 Å². The molecular weight excluding hydrogens is 414 g/mol. The Labute approximate surface area is 175 Å². The van der Waals surface area contributed by atoms with E-state index in [0.29, 0.717) is 48.8 Å². The number of hydrogen-bond donors (Lipinski definition) is 0. The van der Waals surface area contributed by atoms with Crippen molar-refractivity contribution in [2.75, 3.05) is 19.8 Å². The van der Waals surface area contributed by atoms with Crippen molar-refractivity contribution in [2.45, 2.75) is 45.3 Å². The third kappa shape index (κ3) is 5.03. The highest BCUT2D eigenvalue weighted by atomic mass is 35.5. The number of pyridine rings is 1. The lowest BCUT2D eigenvalue weighted by molar-refractivity contribution is -0.385. The van der Waals surface area contributed by atoms with E-state index in [9.17, 15) is 14.9 Å². The molecular formula is C19H26ClN3O5Si. The van der Waals surface area contributed by atoms with Crippen LogP contribution in [0, 0.1) is 16.0 Å². The van der Waals surface area contributed by atoms with Crippen LogP contribution in [-0.4, -0.2) is 48.2 Å². The van der Waals surface area contributed by atoms with E-state index in [1.54, 1.807) is 10.6 Å². The van der Waals surface area contributed by atoms with Crippen molar-refractivity contribution in [3.05, 3.63) is 33.1 Å². The number of rotatable bonds is 8. The molecule has 10 heteroatoms. The first-order valence-electron chi connectivity index (χ1n) is 9.71. The Kier molecular flexibility index (Phi) is 6.72. The lowest BCUT2D eigenvalue weighted by Crippen LogP contribution is -2.24. The van der Waals surface area contributed by atoms with Gasteiger partial charge in [-0.25, -0.2) is 4.98 Å². The number of Topliss-reactive ketones (excluding diaryl/α,β-unsaturated/α-hetero) is 1. The van der Waals surface area contributed by atoms with Crippen LogP contribution in [0.4, 0.5) is 5.69 Å². The first-order chi connectivity index (χ1) is 13.7. The Bertz CT molecular complexity index is 919. The average Bonchev–Trinajstić information content (AvgIpc) is 2.99. The van der Waals surface area contributed by atoms with Crippen LogP contribution in [0.25, 0.3) is 11.0 Å². The van der Waals surface area contributed by atoms with Crippen molar-refractivity contribution in [3.8, 4) is 0 Å². The molecule has 1 aliphatic heterocycles. The van der Waals surface area contributed by atoms with E-state index in [1.807, 2.05) is 0 Å². The summed E-state index contributed by atoms with van der Waals surface area (Å²) in [7, 11) is -1.22. The molecule has 0 radical (unpaired) electrons. The third-order valence-corrected chi connectivity index (χ3v) is 7.12. The molecule has 0 unspecified atom stereocenters. The maximum atomic E-state index is 13.2. The topological polar surface area (TPSA) is 96.5 Å². The second-order valence-corrected chi connectivity index (χ2v) is 14.5. The lowest BCUT2D eigenvalue weighted by atomic mass is 9.89. The summed E-state index contributed by atoms with van der Waals surface area (Å²) in [5.41, 5.74) is 0.209. The van der Waals surface area contributed by atoms with E-state index in [0.717, 1.165) is 12.2 Å². The van der Waals surface area contributed by atoms with E-state index in [4.69, 9.17) is 21.1 Å². The molecule has 1 aliphatic rings. The minimum atomic E-state index is -1.22. The summed E-state index contributed by atoms with van der Waals surface area (Å²) in [5, 5.41) is 12.3. The average molecular weight is 440 g/mol. The van der Waals surface area contributed by atoms with E-state index < -0.39 is 13.0 Å². The van der Waals surface area contributed by atoms with Crippen LogP contribution < -0.4 is 0 Å². The van der Waals surface area contributed by atoms with Gasteiger partial charge in [0.05, 0.1) is 4.92 Å². The molecule has 0 amide bonds. The first-order valence-corrected chi connectivity index (χ1v) is 13.8. The number of aromatic nitrogens is 2. The summed E-state index contributed by atoms with van der Waals surface area (Å²) in [6.45, 7) is 8.54. The maximum absolute atomic E-state index is 13.2. The predicted octanol–water partition coefficient (Wildman–Crippen LogP) is 4.52. The Morgan fingerprint density at radius 1 is 1.41 bits per heavy atom. The van der Waals surface area contributed by atoms with Crippen LogP contribution in [0.15, 0.2) is 12.3 Å². The first kappa shape index (κ1) is 21.9. The number of halogens is 1. The van der Waals surface area contributed by atoms with Crippen molar-refractivity contribution in [2.24, 2.45) is 5.92 Å². The number of ketones is 1. The maximum Gasteiger partial charge on any atom is 0.299 e. The van der Waals surface area contributed by atoms with Crippen molar-refractivity contribution < 1.29 is 19.2 Å². The monoisotopic (exact) mass is 439 g/mol. The van der Waals surface area contributed by atoms with Gasteiger partial charge in [0, 0.05) is 39.2 Å². The zero-order valence-electron chi connectivity index (χ0n) is 16.9. The molecule has 3 heterocycles. The zero-order chi connectivity index (χ0) is 21.2. The highest BCUT2D eigenvalue weighted by molar-refractivity contribution is 6.76. The van der Waals surface area contributed by atoms with Gasteiger partial charge >= 0.3 is 0 Å². The smallest absolute Gasteiger partial charge is 0.299 e. The normalized spacial score (nSPS) is 15.7. The molecule has 0 aromatic carbocycles. The fourth-order valence-electron chi connectivity index (χ4n) is 3.37. The number of ether oxygens (including phenoxy) is 2. The molecule has 0 N–H and O–H groups in total. The SMILES string of the molecule is C[Si](C)(C)CCOCn1c(Cl)cc2c(C(=O)C3CCOCC3)c([N+](=O)[O-])cnc21. The van der Waals surface area contributed by atoms with Gasteiger partial charge in [-0.2, -0.15) is 0 Å². The molecule has 0 bridgehead atoms. The Hall–Kier alpha value is -1.81. The van der Waals surface area contributed by atoms with E-state index in [-0.39, 0.29) is 29.7 Å². The molecule has 2 aromatic heterocycles. The second kappa shape index (κ2) is 8.91. The van der Waals surface area contributed by atoms with Crippen LogP contribution in [0.1, 0.15) is 23.2 Å². The standard InChI is InChI=1S/C19H26ClN3O5Si/c1-29(2,3)9-8-28-12-22-16(20)10-14-17(15(23(25)26)11-21-19(14)22)18(24)13-4-6-27-7-5-13/h10-11,13H,4-9,12H2,1-3H3. The van der Waals surface area contributed by atoms with Crippen LogP contribution in [-0.2, 0) is 16.2 Å². The summed E-state index contributed by atoms with van der Waals surface area (Å²) >= 11 is 6.38. The number of nitro groups is 1. The summed E-state index contributed by atoms with van der Waals surface area (Å²) < 4.78 is 12.7. The lowest BCUT2D eigenvalue weighted by Gasteiger charge is -2.21. The summed E-state index contributed by atoms with van der Waals surface area (Å²) in [6, 6.07) is 2.58. The fourth-order valence-corrected chi connectivity index (χ4v) is 4.37. The number of carbonyl (C=O) groups excluding carboxylic acids is 1. The quantitative estimate of drug-likeness (QED) is 0.197. The molecule has 8 nitrogen and oxygen atoms in total. The Morgan fingerprint density at radius 2 is 2.10 bits per heavy atom. The molecule has 29 heavy (non-hydrogen) atoms. The van der Waals surface area contributed by atoms with Crippen LogP contribution >= 0.6 is 11.6 Å². The van der Waals surface area contributed by atoms with Gasteiger partial charge in [-0.05, 0) is 25.0 Å². The van der Waals surface area contributed by atoms with Gasteiger partial charge in [-0.3, -0.25) is 19.5 Å². The van der Waals surface area contributed by atoms with Crippen LogP contribution in [0.2, 0.25) is 30.8 Å². The molecule has 158 valence electrons. The number of hydrogen-bond acceptors (Lipinski definition) is 6. The van der Waals surface area contributed by atoms with Gasteiger partial charge in [-0.15, -0.1) is 0 Å². The molecule has 0 aliphatic carbocycles. The third-order valence-electron chi connectivity index (χ3n) is 5.10. The highest BCUT2D eigenvalue weighted by Crippen LogP contribution is 2.34. The Morgan fingerprint density at radius 3 is 2.72 bits per heavy atom. The minimum Gasteiger partial charge on any atom is -0.381 e. The van der Waals surface area contributed by atoms with Crippen LogP contribution in [0.5, 0.6) is 0 Å². The van der Waals surface area contributed by atoms with Gasteiger partial charge in [-0.1, -0.05) is 31.2 Å². The molecule has 2 aromatic rings. The summed E-state index contributed by atoms with van der Waals surface area (Å²) in [5.74, 6) is -0.552. The number of carbonyl (C=O) groups is 1. The van der Waals surface area contributed by atoms with Crippen LogP contribution in [0.3, 0.4) is 0 Å². The van der Waals surface area contributed by atoms with Gasteiger partial charge < -0.3 is 9.47 Å². The second-order valence-electron chi connectivity index (χ2n) is 8.51. The number of fused-ring (bicyclic) bond motifs is 1. The van der Waals surface area contributed by atoms with Gasteiger partial charge in [0.1, 0.15) is 29.3 Å². The highest BCUT2D eigenvalue weighted by Gasteiger charge is 2.32. The van der Waals surface area contributed by atoms with Crippen molar-refractivity contribution in [1.29, 1.82) is 0 Å². The van der Waals surface area contributed by atoms with Gasteiger partial charge in [0.25, 0.3) is 5.69 Å². The number of nitrogens with zero attached hydrogens (tertiary/aromatic N) is 3. The molecule has 0 atom stereocenters. The summed E-state index contributed by atoms with van der Waals surface area (Å²) in [6.07, 6.45) is 2.24. The van der Waals surface area contributed by atoms with E-state index >= 15 is 0 Å². The van der Waals surface area contributed by atoms with Gasteiger partial charge in [0.2, 0.25) is 0 Å². The van der Waals surface area contributed by atoms with E-state index in [1.165, 1.54) is 0 Å². The minimum absolute atomic E-state index is 0.0784. The zero-order valence-corrected chi connectivity index (χ0v) is 18.7. The van der Waals surface area contributed by atoms with E-state index in [2.05, 4.69) is 24.6 Å². The molecule has 1 fully saturated rings. The molecule has 3 rings (SSSR count).